The second-order valence-corrected chi connectivity index (χ2v) is 7.26. The lowest BCUT2D eigenvalue weighted by molar-refractivity contribution is -0.129. The van der Waals surface area contributed by atoms with Crippen LogP contribution in [-0.4, -0.2) is 38.2 Å². The number of nitrogens with zero attached hydrogens (tertiary/aromatic N) is 1. The Labute approximate surface area is 164 Å². The average molecular weight is 402 g/mol. The van der Waals surface area contributed by atoms with Gasteiger partial charge in [0.25, 0.3) is 5.91 Å². The zero-order chi connectivity index (χ0) is 19.6. The third-order valence-electron chi connectivity index (χ3n) is 3.82. The molecule has 2 N–H and O–H groups in total. The van der Waals surface area contributed by atoms with Crippen LogP contribution in [0.1, 0.15) is 23.0 Å². The third kappa shape index (κ3) is 3.93. The first-order valence-electron chi connectivity index (χ1n) is 7.82. The summed E-state index contributed by atoms with van der Waals surface area (Å²) in [4.78, 5) is 38.1. The second kappa shape index (κ2) is 7.77. The number of hydrogen-bond donors (Lipinski definition) is 2. The number of amides is 2. The Kier molecular flexibility index (Phi) is 5.43. The van der Waals surface area contributed by atoms with Crippen LogP contribution in [0.3, 0.4) is 0 Å². The van der Waals surface area contributed by atoms with Crippen LogP contribution >= 0.6 is 24.0 Å². The number of nitrogens with one attached hydrogen (secondary N) is 1. The maximum atomic E-state index is 12.6. The Hall–Kier alpha value is -2.91. The molecule has 7 nitrogen and oxygen atoms in total. The van der Waals surface area contributed by atoms with Crippen molar-refractivity contribution in [1.82, 2.24) is 4.90 Å². The average Bonchev–Trinajstić information content (AvgIpc) is 3.23. The Bertz CT molecular complexity index is 952. The van der Waals surface area contributed by atoms with Gasteiger partial charge in [0.1, 0.15) is 16.1 Å². The molecule has 1 fully saturated rings. The molecule has 1 atom stereocenters. The number of carboxylic acids is 1. The molecule has 2 heterocycles. The van der Waals surface area contributed by atoms with E-state index in [1.54, 1.807) is 30.3 Å². The number of rotatable bonds is 5. The van der Waals surface area contributed by atoms with Crippen molar-refractivity contribution >= 4 is 57.8 Å². The molecule has 1 aliphatic rings. The smallest absolute Gasteiger partial charge is 0.337 e. The van der Waals surface area contributed by atoms with E-state index in [1.165, 1.54) is 30.2 Å². The summed E-state index contributed by atoms with van der Waals surface area (Å²) >= 11 is 6.32. The lowest BCUT2D eigenvalue weighted by Crippen LogP contribution is -2.44. The number of para-hydroxylation sites is 1. The molecule has 1 aromatic heterocycles. The van der Waals surface area contributed by atoms with Gasteiger partial charge < -0.3 is 14.8 Å². The molecule has 9 heteroatoms. The molecule has 0 bridgehead atoms. The summed E-state index contributed by atoms with van der Waals surface area (Å²) in [5, 5.41) is 11.8. The van der Waals surface area contributed by atoms with Gasteiger partial charge in [0, 0.05) is 6.08 Å². The minimum Gasteiger partial charge on any atom is -0.478 e. The van der Waals surface area contributed by atoms with Crippen LogP contribution < -0.4 is 5.32 Å². The fourth-order valence-electron chi connectivity index (χ4n) is 2.45. The van der Waals surface area contributed by atoms with Crippen molar-refractivity contribution in [2.45, 2.75) is 13.0 Å². The quantitative estimate of drug-likeness (QED) is 0.585. The predicted octanol–water partition coefficient (Wildman–Crippen LogP) is 3.21. The number of benzene rings is 1. The standard InChI is InChI=1S/C18H14N2O5S2/c1-10(15(21)19-13-7-3-2-6-12(13)17(23)24)20-16(22)14(27-18(20)26)9-11-5-4-8-25-11/h2-10H,1H3,(H,19,21)(H,23,24)/b14-9+. The predicted molar refractivity (Wildman–Crippen MR) is 105 cm³/mol. The summed E-state index contributed by atoms with van der Waals surface area (Å²) < 4.78 is 5.44. The van der Waals surface area contributed by atoms with Gasteiger partial charge in [-0.15, -0.1) is 0 Å². The first kappa shape index (κ1) is 18.9. The molecule has 0 aliphatic carbocycles. The van der Waals surface area contributed by atoms with Gasteiger partial charge in [-0.1, -0.05) is 36.1 Å². The van der Waals surface area contributed by atoms with Gasteiger partial charge in [-0.05, 0) is 31.2 Å². The Balaban J connectivity index is 1.78. The molecule has 1 saturated heterocycles. The highest BCUT2D eigenvalue weighted by Crippen LogP contribution is 2.34. The molecule has 1 aliphatic heterocycles. The number of hydrogen-bond acceptors (Lipinski definition) is 6. The fraction of sp³-hybridized carbons (Fsp3) is 0.111. The Morgan fingerprint density at radius 2 is 2.04 bits per heavy atom. The molecule has 138 valence electrons. The molecule has 3 rings (SSSR count). The lowest BCUT2D eigenvalue weighted by Gasteiger charge is -2.22. The molecule has 2 aromatic rings. The largest absolute Gasteiger partial charge is 0.478 e. The minimum absolute atomic E-state index is 0.0406. The topological polar surface area (TPSA) is 99.9 Å². The van der Waals surface area contributed by atoms with Crippen LogP contribution in [-0.2, 0) is 9.59 Å². The number of carbonyl (C=O) groups excluding carboxylic acids is 2. The van der Waals surface area contributed by atoms with Gasteiger partial charge in [0.05, 0.1) is 22.4 Å². The van der Waals surface area contributed by atoms with Crippen LogP contribution in [0.5, 0.6) is 0 Å². The van der Waals surface area contributed by atoms with Crippen molar-refractivity contribution < 1.29 is 23.9 Å². The van der Waals surface area contributed by atoms with E-state index in [1.807, 2.05) is 0 Å². The van der Waals surface area contributed by atoms with Crippen LogP contribution in [0.15, 0.2) is 52.0 Å². The highest BCUT2D eigenvalue weighted by Gasteiger charge is 2.38. The zero-order valence-electron chi connectivity index (χ0n) is 14.0. The zero-order valence-corrected chi connectivity index (χ0v) is 15.7. The third-order valence-corrected chi connectivity index (χ3v) is 5.15. The summed E-state index contributed by atoms with van der Waals surface area (Å²) in [5.41, 5.74) is 0.111. The number of thiocarbonyl (C=S) groups is 1. The van der Waals surface area contributed by atoms with Crippen molar-refractivity contribution in [3.8, 4) is 0 Å². The van der Waals surface area contributed by atoms with Crippen molar-refractivity contribution in [3.63, 3.8) is 0 Å². The van der Waals surface area contributed by atoms with Crippen LogP contribution in [0.4, 0.5) is 5.69 Å². The molecule has 0 spiro atoms. The number of aromatic carboxylic acids is 1. The van der Waals surface area contributed by atoms with Crippen molar-refractivity contribution in [3.05, 3.63) is 58.9 Å². The van der Waals surface area contributed by atoms with E-state index >= 15 is 0 Å². The van der Waals surface area contributed by atoms with Gasteiger partial charge in [0.15, 0.2) is 0 Å². The maximum Gasteiger partial charge on any atom is 0.337 e. The maximum absolute atomic E-state index is 12.6. The van der Waals surface area contributed by atoms with E-state index in [0.717, 1.165) is 11.8 Å². The van der Waals surface area contributed by atoms with Crippen molar-refractivity contribution in [2.75, 3.05) is 5.32 Å². The highest BCUT2D eigenvalue weighted by molar-refractivity contribution is 8.26. The summed E-state index contributed by atoms with van der Waals surface area (Å²) in [5.74, 6) is -1.61. The number of carbonyl (C=O) groups is 3. The molecular formula is C18H14N2O5S2. The first-order valence-corrected chi connectivity index (χ1v) is 9.04. The second-order valence-electron chi connectivity index (χ2n) is 5.58. The highest BCUT2D eigenvalue weighted by atomic mass is 32.2. The molecule has 1 unspecified atom stereocenters. The van der Waals surface area contributed by atoms with Gasteiger partial charge in [-0.2, -0.15) is 0 Å². The van der Waals surface area contributed by atoms with E-state index in [4.69, 9.17) is 16.6 Å². The Morgan fingerprint density at radius 1 is 1.30 bits per heavy atom. The van der Waals surface area contributed by atoms with Crippen LogP contribution in [0.2, 0.25) is 0 Å². The molecule has 1 aromatic carbocycles. The normalized spacial score (nSPS) is 16.6. The van der Waals surface area contributed by atoms with E-state index < -0.39 is 23.8 Å². The lowest BCUT2D eigenvalue weighted by atomic mass is 10.1. The molecular weight excluding hydrogens is 388 g/mol. The summed E-state index contributed by atoms with van der Waals surface area (Å²) in [7, 11) is 0. The number of carboxylic acid groups (broad SMARTS) is 1. The van der Waals surface area contributed by atoms with Crippen LogP contribution in [0.25, 0.3) is 6.08 Å². The van der Waals surface area contributed by atoms with Crippen molar-refractivity contribution in [2.24, 2.45) is 0 Å². The fourth-order valence-corrected chi connectivity index (χ4v) is 3.85. The molecule has 2 amide bonds. The summed E-state index contributed by atoms with van der Waals surface area (Å²) in [6.45, 7) is 1.53. The SMILES string of the molecule is CC(C(=O)Nc1ccccc1C(=O)O)N1C(=O)/C(=C\c2ccco2)SC1=S. The summed E-state index contributed by atoms with van der Waals surface area (Å²) in [6, 6.07) is 8.52. The number of thioether (sulfide) groups is 1. The van der Waals surface area contributed by atoms with Crippen molar-refractivity contribution in [1.29, 1.82) is 0 Å². The first-order chi connectivity index (χ1) is 12.9. The van der Waals surface area contributed by atoms with E-state index in [9.17, 15) is 19.5 Å². The molecule has 27 heavy (non-hydrogen) atoms. The van der Waals surface area contributed by atoms with Gasteiger partial charge in [0.2, 0.25) is 5.91 Å². The van der Waals surface area contributed by atoms with Gasteiger partial charge >= 0.3 is 5.97 Å². The molecule has 0 radical (unpaired) electrons. The number of furan rings is 1. The molecule has 0 saturated carbocycles. The minimum atomic E-state index is -1.16. The monoisotopic (exact) mass is 402 g/mol. The number of anilines is 1. The Morgan fingerprint density at radius 3 is 2.70 bits per heavy atom. The summed E-state index contributed by atoms with van der Waals surface area (Å²) in [6.07, 6.45) is 3.05. The van der Waals surface area contributed by atoms with E-state index in [-0.39, 0.29) is 15.6 Å². The van der Waals surface area contributed by atoms with Crippen LogP contribution in [0, 0.1) is 0 Å². The van der Waals surface area contributed by atoms with E-state index in [2.05, 4.69) is 5.32 Å². The van der Waals surface area contributed by atoms with E-state index in [0.29, 0.717) is 10.7 Å². The van der Waals surface area contributed by atoms with Gasteiger partial charge in [-0.3, -0.25) is 14.5 Å². The van der Waals surface area contributed by atoms with Gasteiger partial charge in [-0.25, -0.2) is 4.79 Å².